The lowest BCUT2D eigenvalue weighted by atomic mass is 10.2. The quantitative estimate of drug-likeness (QED) is 0.618. The van der Waals surface area contributed by atoms with Gasteiger partial charge in [-0.05, 0) is 33.6 Å². The second kappa shape index (κ2) is 6.00. The molecule has 1 rings (SSSR count). The lowest BCUT2D eigenvalue weighted by Gasteiger charge is -2.22. The van der Waals surface area contributed by atoms with Gasteiger partial charge in [0.15, 0.2) is 5.96 Å². The first-order chi connectivity index (χ1) is 7.91. The van der Waals surface area contributed by atoms with Gasteiger partial charge in [-0.3, -0.25) is 0 Å². The van der Waals surface area contributed by atoms with Crippen molar-refractivity contribution < 1.29 is 4.39 Å². The zero-order valence-electron chi connectivity index (χ0n) is 10.5. The third kappa shape index (κ3) is 4.00. The minimum atomic E-state index is -0.256. The summed E-state index contributed by atoms with van der Waals surface area (Å²) in [6.45, 7) is 0.468. The summed E-state index contributed by atoms with van der Waals surface area (Å²) in [5.74, 6) is 0.599. The number of halogens is 2. The highest BCUT2D eigenvalue weighted by atomic mass is 79.9. The van der Waals surface area contributed by atoms with E-state index in [1.807, 2.05) is 44.1 Å². The average molecular weight is 302 g/mol. The van der Waals surface area contributed by atoms with Gasteiger partial charge < -0.3 is 9.80 Å². The van der Waals surface area contributed by atoms with Gasteiger partial charge in [-0.25, -0.2) is 9.38 Å². The van der Waals surface area contributed by atoms with Gasteiger partial charge in [0.2, 0.25) is 0 Å². The molecule has 0 aliphatic heterocycles. The number of benzene rings is 1. The molecule has 1 aromatic rings. The molecule has 0 spiro atoms. The van der Waals surface area contributed by atoms with E-state index in [0.29, 0.717) is 11.0 Å². The van der Waals surface area contributed by atoms with Crippen molar-refractivity contribution in [3.63, 3.8) is 0 Å². The zero-order chi connectivity index (χ0) is 13.0. The standard InChI is InChI=1S/C12H17BrFN3/c1-16(2)12(17(3)4)15-8-9-5-6-10(13)11(14)7-9/h5-7H,8H2,1-4H3. The Morgan fingerprint density at radius 1 is 1.24 bits per heavy atom. The summed E-state index contributed by atoms with van der Waals surface area (Å²) in [5.41, 5.74) is 0.854. The number of hydrogen-bond acceptors (Lipinski definition) is 1. The molecule has 5 heteroatoms. The van der Waals surface area contributed by atoms with Crippen LogP contribution in [0, 0.1) is 5.82 Å². The molecule has 0 aliphatic carbocycles. The Morgan fingerprint density at radius 2 is 1.82 bits per heavy atom. The van der Waals surface area contributed by atoms with Crippen molar-refractivity contribution in [3.8, 4) is 0 Å². The Labute approximate surface area is 110 Å². The van der Waals surface area contributed by atoms with Crippen LogP contribution in [0.5, 0.6) is 0 Å². The molecule has 3 nitrogen and oxygen atoms in total. The summed E-state index contributed by atoms with van der Waals surface area (Å²) in [5, 5.41) is 0. The second-order valence-electron chi connectivity index (χ2n) is 4.15. The lowest BCUT2D eigenvalue weighted by Crippen LogP contribution is -2.35. The first-order valence-corrected chi connectivity index (χ1v) is 6.04. The van der Waals surface area contributed by atoms with Crippen LogP contribution in [-0.4, -0.2) is 44.0 Å². The highest BCUT2D eigenvalue weighted by Crippen LogP contribution is 2.16. The molecule has 0 amide bonds. The summed E-state index contributed by atoms with van der Waals surface area (Å²) in [6, 6.07) is 5.06. The molecule has 94 valence electrons. The summed E-state index contributed by atoms with van der Waals surface area (Å²) in [6.07, 6.45) is 0. The van der Waals surface area contributed by atoms with Gasteiger partial charge in [0.1, 0.15) is 5.82 Å². The van der Waals surface area contributed by atoms with E-state index in [1.165, 1.54) is 6.07 Å². The second-order valence-corrected chi connectivity index (χ2v) is 5.01. The van der Waals surface area contributed by atoms with Crippen molar-refractivity contribution in [2.75, 3.05) is 28.2 Å². The van der Waals surface area contributed by atoms with Gasteiger partial charge in [0.25, 0.3) is 0 Å². The molecular formula is C12H17BrFN3. The van der Waals surface area contributed by atoms with E-state index in [9.17, 15) is 4.39 Å². The number of nitrogens with zero attached hydrogens (tertiary/aromatic N) is 3. The van der Waals surface area contributed by atoms with Crippen LogP contribution < -0.4 is 0 Å². The maximum atomic E-state index is 13.3. The molecule has 17 heavy (non-hydrogen) atoms. The first-order valence-electron chi connectivity index (χ1n) is 5.25. The van der Waals surface area contributed by atoms with E-state index in [1.54, 1.807) is 6.07 Å². The topological polar surface area (TPSA) is 18.8 Å². The Bertz CT molecular complexity index is 406. The van der Waals surface area contributed by atoms with Crippen molar-refractivity contribution >= 4 is 21.9 Å². The van der Waals surface area contributed by atoms with E-state index >= 15 is 0 Å². The van der Waals surface area contributed by atoms with Crippen LogP contribution in [0.25, 0.3) is 0 Å². The smallest absolute Gasteiger partial charge is 0.195 e. The maximum absolute atomic E-state index is 13.3. The molecule has 0 N–H and O–H groups in total. The van der Waals surface area contributed by atoms with Gasteiger partial charge in [-0.1, -0.05) is 6.07 Å². The predicted octanol–water partition coefficient (Wildman–Crippen LogP) is 2.57. The number of guanidine groups is 1. The van der Waals surface area contributed by atoms with Gasteiger partial charge in [0.05, 0.1) is 11.0 Å². The predicted molar refractivity (Wildman–Crippen MR) is 72.6 cm³/mol. The zero-order valence-corrected chi connectivity index (χ0v) is 12.1. The third-order valence-corrected chi connectivity index (χ3v) is 2.83. The summed E-state index contributed by atoms with van der Waals surface area (Å²) < 4.78 is 13.8. The minimum absolute atomic E-state index is 0.256. The summed E-state index contributed by atoms with van der Waals surface area (Å²) in [4.78, 5) is 8.30. The first kappa shape index (κ1) is 14.0. The largest absolute Gasteiger partial charge is 0.349 e. The molecule has 0 unspecified atom stereocenters. The Morgan fingerprint density at radius 3 is 2.29 bits per heavy atom. The molecule has 0 heterocycles. The minimum Gasteiger partial charge on any atom is -0.349 e. The molecule has 0 saturated heterocycles. The maximum Gasteiger partial charge on any atom is 0.195 e. The molecule has 0 atom stereocenters. The molecule has 1 aromatic carbocycles. The molecule has 0 radical (unpaired) electrons. The Balaban J connectivity index is 2.83. The van der Waals surface area contributed by atoms with Crippen molar-refractivity contribution in [1.29, 1.82) is 0 Å². The van der Waals surface area contributed by atoms with E-state index in [4.69, 9.17) is 0 Å². The molecule has 0 aromatic heterocycles. The molecule has 0 bridgehead atoms. The summed E-state index contributed by atoms with van der Waals surface area (Å²) in [7, 11) is 7.73. The third-order valence-electron chi connectivity index (χ3n) is 2.19. The van der Waals surface area contributed by atoms with Crippen LogP contribution in [0.1, 0.15) is 5.56 Å². The Kier molecular flexibility index (Phi) is 4.93. The average Bonchev–Trinajstić information content (AvgIpc) is 2.22. The fourth-order valence-electron chi connectivity index (χ4n) is 1.48. The van der Waals surface area contributed by atoms with E-state index in [2.05, 4.69) is 20.9 Å². The molecule has 0 fully saturated rings. The molecular weight excluding hydrogens is 285 g/mol. The van der Waals surface area contributed by atoms with Crippen LogP contribution in [-0.2, 0) is 6.54 Å². The fourth-order valence-corrected chi connectivity index (χ4v) is 1.73. The number of aliphatic imine (C=N–C) groups is 1. The fraction of sp³-hybridized carbons (Fsp3) is 0.417. The van der Waals surface area contributed by atoms with Crippen molar-refractivity contribution in [1.82, 2.24) is 9.80 Å². The highest BCUT2D eigenvalue weighted by molar-refractivity contribution is 9.10. The van der Waals surface area contributed by atoms with Crippen LogP contribution >= 0.6 is 15.9 Å². The number of hydrogen-bond donors (Lipinski definition) is 0. The normalized spacial score (nSPS) is 10.0. The molecule has 0 saturated carbocycles. The lowest BCUT2D eigenvalue weighted by molar-refractivity contribution is 0.479. The van der Waals surface area contributed by atoms with Gasteiger partial charge in [-0.15, -0.1) is 0 Å². The van der Waals surface area contributed by atoms with Crippen molar-refractivity contribution in [3.05, 3.63) is 34.1 Å². The SMILES string of the molecule is CN(C)C(=NCc1ccc(Br)c(F)c1)N(C)C. The van der Waals surface area contributed by atoms with E-state index < -0.39 is 0 Å². The Hall–Kier alpha value is -1.10. The number of rotatable bonds is 2. The van der Waals surface area contributed by atoms with Crippen LogP contribution in [0.3, 0.4) is 0 Å². The molecule has 0 aliphatic rings. The van der Waals surface area contributed by atoms with Crippen molar-refractivity contribution in [2.45, 2.75) is 6.54 Å². The van der Waals surface area contributed by atoms with Crippen molar-refractivity contribution in [2.24, 2.45) is 4.99 Å². The van der Waals surface area contributed by atoms with Gasteiger partial charge in [0, 0.05) is 28.2 Å². The highest BCUT2D eigenvalue weighted by Gasteiger charge is 2.05. The van der Waals surface area contributed by atoms with Crippen LogP contribution in [0.15, 0.2) is 27.7 Å². The van der Waals surface area contributed by atoms with E-state index in [0.717, 1.165) is 11.5 Å². The van der Waals surface area contributed by atoms with E-state index in [-0.39, 0.29) is 5.82 Å². The van der Waals surface area contributed by atoms with Gasteiger partial charge in [-0.2, -0.15) is 0 Å². The monoisotopic (exact) mass is 301 g/mol. The van der Waals surface area contributed by atoms with Crippen LogP contribution in [0.2, 0.25) is 0 Å². The van der Waals surface area contributed by atoms with Crippen LogP contribution in [0.4, 0.5) is 4.39 Å². The summed E-state index contributed by atoms with van der Waals surface area (Å²) >= 11 is 3.13. The van der Waals surface area contributed by atoms with Gasteiger partial charge >= 0.3 is 0 Å².